The van der Waals surface area contributed by atoms with Crippen LogP contribution in [0, 0.1) is 0 Å². The number of nitrogens with zero attached hydrogens (tertiary/aromatic N) is 1. The highest BCUT2D eigenvalue weighted by Gasteiger charge is 2.35. The van der Waals surface area contributed by atoms with Crippen LogP contribution >= 0.6 is 12.4 Å². The third-order valence-electron chi connectivity index (χ3n) is 4.44. The lowest BCUT2D eigenvalue weighted by Crippen LogP contribution is -2.52. The Bertz CT molecular complexity index is 746. The van der Waals surface area contributed by atoms with Crippen molar-refractivity contribution in [1.29, 1.82) is 0 Å². The van der Waals surface area contributed by atoms with Gasteiger partial charge in [0.25, 0.3) is 5.91 Å². The summed E-state index contributed by atoms with van der Waals surface area (Å²) in [5, 5.41) is 2.90. The number of nitrogens with one attached hydrogen (secondary N) is 1. The smallest absolute Gasteiger partial charge is 0.290 e. The van der Waals surface area contributed by atoms with E-state index in [-0.39, 0.29) is 36.0 Å². The molecule has 0 saturated heterocycles. The second-order valence-electron chi connectivity index (χ2n) is 6.46. The summed E-state index contributed by atoms with van der Waals surface area (Å²) >= 11 is 0. The number of carbonyl (C=O) groups excluding carboxylic acids is 2. The highest BCUT2D eigenvalue weighted by Crippen LogP contribution is 2.25. The van der Waals surface area contributed by atoms with Crippen LogP contribution < -0.4 is 11.1 Å². The molecule has 2 atom stereocenters. The number of halogens is 1. The van der Waals surface area contributed by atoms with Gasteiger partial charge in [-0.15, -0.1) is 12.4 Å². The maximum absolute atomic E-state index is 12.8. The molecule has 3 rings (SSSR count). The van der Waals surface area contributed by atoms with Crippen molar-refractivity contribution in [3.8, 4) is 0 Å². The van der Waals surface area contributed by atoms with Crippen LogP contribution in [-0.2, 0) is 17.8 Å². The van der Waals surface area contributed by atoms with E-state index < -0.39 is 6.04 Å². The van der Waals surface area contributed by atoms with Gasteiger partial charge in [0.1, 0.15) is 6.04 Å². The van der Waals surface area contributed by atoms with E-state index in [1.165, 1.54) is 6.26 Å². The summed E-state index contributed by atoms with van der Waals surface area (Å²) in [5.74, 6) is -0.185. The third kappa shape index (κ3) is 4.45. The molecule has 26 heavy (non-hydrogen) atoms. The van der Waals surface area contributed by atoms with Crippen molar-refractivity contribution in [3.63, 3.8) is 0 Å². The molecule has 0 aliphatic carbocycles. The molecular formula is C19H24ClN3O3. The zero-order chi connectivity index (χ0) is 17.8. The van der Waals surface area contributed by atoms with Crippen LogP contribution in [0.15, 0.2) is 47.1 Å². The Labute approximate surface area is 159 Å². The zero-order valence-corrected chi connectivity index (χ0v) is 15.5. The quantitative estimate of drug-likeness (QED) is 0.835. The summed E-state index contributed by atoms with van der Waals surface area (Å²) in [4.78, 5) is 27.1. The Morgan fingerprint density at radius 2 is 2.00 bits per heavy atom. The number of amides is 2. The minimum Gasteiger partial charge on any atom is -0.459 e. The molecule has 1 aliphatic rings. The molecular weight excluding hydrogens is 354 g/mol. The fourth-order valence-electron chi connectivity index (χ4n) is 3.05. The molecule has 2 unspecified atom stereocenters. The number of hydrogen-bond acceptors (Lipinski definition) is 4. The van der Waals surface area contributed by atoms with Crippen LogP contribution in [0.1, 0.15) is 35.0 Å². The minimum absolute atomic E-state index is 0. The summed E-state index contributed by atoms with van der Waals surface area (Å²) in [6.45, 7) is 2.79. The van der Waals surface area contributed by atoms with Crippen molar-refractivity contribution in [2.24, 2.45) is 5.73 Å². The average molecular weight is 378 g/mol. The van der Waals surface area contributed by atoms with Gasteiger partial charge >= 0.3 is 0 Å². The Morgan fingerprint density at radius 1 is 1.27 bits per heavy atom. The fraction of sp³-hybridized carbons (Fsp3) is 0.368. The van der Waals surface area contributed by atoms with Crippen LogP contribution in [0.2, 0.25) is 0 Å². The molecule has 2 amide bonds. The fourth-order valence-corrected chi connectivity index (χ4v) is 3.05. The number of hydrogen-bond donors (Lipinski definition) is 2. The molecule has 6 nitrogen and oxygen atoms in total. The predicted octanol–water partition coefficient (Wildman–Crippen LogP) is 2.12. The molecule has 0 fully saturated rings. The molecule has 0 saturated carbocycles. The highest BCUT2D eigenvalue weighted by molar-refractivity contribution is 5.96. The first kappa shape index (κ1) is 20.0. The topological polar surface area (TPSA) is 88.6 Å². The van der Waals surface area contributed by atoms with Gasteiger partial charge in [-0.05, 0) is 36.6 Å². The van der Waals surface area contributed by atoms with Gasteiger partial charge < -0.3 is 20.4 Å². The molecule has 1 aromatic heterocycles. The Morgan fingerprint density at radius 3 is 2.65 bits per heavy atom. The summed E-state index contributed by atoms with van der Waals surface area (Å²) in [5.41, 5.74) is 7.88. The molecule has 0 spiro atoms. The van der Waals surface area contributed by atoms with Gasteiger partial charge in [0.2, 0.25) is 5.91 Å². The number of furan rings is 1. The molecule has 7 heteroatoms. The Hall–Kier alpha value is -2.31. The minimum atomic E-state index is -0.555. The van der Waals surface area contributed by atoms with Gasteiger partial charge in [-0.25, -0.2) is 0 Å². The van der Waals surface area contributed by atoms with E-state index in [9.17, 15) is 9.59 Å². The molecule has 1 aliphatic heterocycles. The Balaban J connectivity index is 0.00000243. The normalized spacial score (nSPS) is 17.0. The molecule has 2 aromatic rings. The van der Waals surface area contributed by atoms with E-state index in [1.807, 2.05) is 31.2 Å². The lowest BCUT2D eigenvalue weighted by Gasteiger charge is -2.35. The van der Waals surface area contributed by atoms with Crippen LogP contribution in [0.3, 0.4) is 0 Å². The molecule has 2 heterocycles. The third-order valence-corrected chi connectivity index (χ3v) is 4.44. The maximum atomic E-state index is 12.8. The summed E-state index contributed by atoms with van der Waals surface area (Å²) in [6.07, 6.45) is 2.65. The van der Waals surface area contributed by atoms with Crippen molar-refractivity contribution in [1.82, 2.24) is 10.2 Å². The van der Waals surface area contributed by atoms with Crippen molar-refractivity contribution in [3.05, 3.63) is 59.5 Å². The highest BCUT2D eigenvalue weighted by atomic mass is 35.5. The molecule has 3 N–H and O–H groups in total. The van der Waals surface area contributed by atoms with E-state index in [1.54, 1.807) is 17.0 Å². The number of fused-ring (bicyclic) bond motifs is 1. The second-order valence-corrected chi connectivity index (χ2v) is 6.46. The first-order valence-electron chi connectivity index (χ1n) is 8.51. The van der Waals surface area contributed by atoms with Crippen molar-refractivity contribution >= 4 is 24.2 Å². The largest absolute Gasteiger partial charge is 0.459 e. The average Bonchev–Trinajstić information content (AvgIpc) is 3.14. The van der Waals surface area contributed by atoms with Gasteiger partial charge in [0.05, 0.1) is 6.26 Å². The van der Waals surface area contributed by atoms with Gasteiger partial charge in [-0.2, -0.15) is 0 Å². The van der Waals surface area contributed by atoms with Crippen LogP contribution in [0.25, 0.3) is 0 Å². The first-order chi connectivity index (χ1) is 12.1. The van der Waals surface area contributed by atoms with Crippen molar-refractivity contribution < 1.29 is 14.0 Å². The van der Waals surface area contributed by atoms with Crippen LogP contribution in [0.5, 0.6) is 0 Å². The SMILES string of the molecule is CC(N)CCNC(=O)C1Cc2ccccc2CN1C(=O)c1ccco1.Cl. The summed E-state index contributed by atoms with van der Waals surface area (Å²) < 4.78 is 5.24. The lowest BCUT2D eigenvalue weighted by atomic mass is 9.93. The number of benzene rings is 1. The molecule has 140 valence electrons. The summed E-state index contributed by atoms with van der Waals surface area (Å²) in [6, 6.07) is 10.6. The first-order valence-corrected chi connectivity index (χ1v) is 8.51. The maximum Gasteiger partial charge on any atom is 0.290 e. The number of nitrogens with two attached hydrogens (primary N) is 1. The zero-order valence-electron chi connectivity index (χ0n) is 14.7. The molecule has 0 radical (unpaired) electrons. The van der Waals surface area contributed by atoms with Gasteiger partial charge in [0, 0.05) is 25.6 Å². The van der Waals surface area contributed by atoms with Crippen LogP contribution in [0.4, 0.5) is 0 Å². The second kappa shape index (κ2) is 8.87. The number of carbonyl (C=O) groups is 2. The molecule has 1 aromatic carbocycles. The Kier molecular flexibility index (Phi) is 6.83. The summed E-state index contributed by atoms with van der Waals surface area (Å²) in [7, 11) is 0. The van der Waals surface area contributed by atoms with E-state index >= 15 is 0 Å². The monoisotopic (exact) mass is 377 g/mol. The van der Waals surface area contributed by atoms with E-state index in [0.29, 0.717) is 25.9 Å². The van der Waals surface area contributed by atoms with Gasteiger partial charge in [-0.1, -0.05) is 24.3 Å². The van der Waals surface area contributed by atoms with Crippen molar-refractivity contribution in [2.75, 3.05) is 6.54 Å². The van der Waals surface area contributed by atoms with E-state index in [0.717, 1.165) is 11.1 Å². The van der Waals surface area contributed by atoms with E-state index in [4.69, 9.17) is 10.2 Å². The van der Waals surface area contributed by atoms with Gasteiger partial charge in [0.15, 0.2) is 5.76 Å². The standard InChI is InChI=1S/C19H23N3O3.ClH/c1-13(20)8-9-21-18(23)16-11-14-5-2-3-6-15(14)12-22(16)19(24)17-7-4-10-25-17;/h2-7,10,13,16H,8-9,11-12,20H2,1H3,(H,21,23);1H. The van der Waals surface area contributed by atoms with Crippen LogP contribution in [-0.4, -0.2) is 35.3 Å². The van der Waals surface area contributed by atoms with Gasteiger partial charge in [-0.3, -0.25) is 9.59 Å². The lowest BCUT2D eigenvalue weighted by molar-refractivity contribution is -0.126. The number of rotatable bonds is 5. The van der Waals surface area contributed by atoms with E-state index in [2.05, 4.69) is 5.32 Å². The van der Waals surface area contributed by atoms with Crippen molar-refractivity contribution in [2.45, 2.75) is 38.4 Å². The molecule has 0 bridgehead atoms. The predicted molar refractivity (Wildman–Crippen MR) is 101 cm³/mol.